The van der Waals surface area contributed by atoms with E-state index < -0.39 is 0 Å². The van der Waals surface area contributed by atoms with Gasteiger partial charge in [0, 0.05) is 38.5 Å². The van der Waals surface area contributed by atoms with Crippen LogP contribution in [-0.4, -0.2) is 25.5 Å². The third-order valence-corrected chi connectivity index (χ3v) is 9.48. The minimum atomic E-state index is -0.149. The maximum absolute atomic E-state index is 13.7. The fourth-order valence-electron chi connectivity index (χ4n) is 6.80. The molecule has 0 aromatic heterocycles. The van der Waals surface area contributed by atoms with E-state index in [1.54, 1.807) is 36.4 Å². The Hall–Kier alpha value is -3.83. The average Bonchev–Trinajstić information content (AvgIpc) is 3.07. The standard InChI is InChI=1S/C42H36O6.Cs/c43-37-25-7-1-8-26(37)20-28-10-3-12-30(39(28)45)22-32-14-5-16-34(41(32)47)24-36-18-6-17-35(42(36)48)23-33-15-4-13-31(40(33)46)21-29-11-2-9-27(19-25)38(29)44;/h1-18,43-48H,19-24H2;/q;+1/p-1. The minimum Gasteiger partial charge on any atom is -0.872 e. The van der Waals surface area contributed by atoms with Crippen LogP contribution in [-0.2, 0) is 38.5 Å². The summed E-state index contributed by atoms with van der Waals surface area (Å²) in [4.78, 5) is 0. The SMILES string of the molecule is [Cs+].[O-]c1c2cccc1Cc1cccc(c1O)Cc1cccc(c1O)Cc1cccc(c1O)Cc1cccc(c1O)Cc1cccc(c1O)C2. The van der Waals surface area contributed by atoms with E-state index in [2.05, 4.69) is 0 Å². The summed E-state index contributed by atoms with van der Waals surface area (Å²) in [6, 6.07) is 32.6. The molecule has 6 aromatic rings. The fourth-order valence-corrected chi connectivity index (χ4v) is 6.80. The van der Waals surface area contributed by atoms with Gasteiger partial charge in [0.05, 0.1) is 0 Å². The van der Waals surface area contributed by atoms with Crippen LogP contribution in [0.25, 0.3) is 0 Å². The van der Waals surface area contributed by atoms with E-state index in [0.717, 1.165) is 0 Å². The smallest absolute Gasteiger partial charge is 0.872 e. The van der Waals surface area contributed by atoms with Crippen molar-refractivity contribution in [3.63, 3.8) is 0 Å². The van der Waals surface area contributed by atoms with Gasteiger partial charge in [-0.15, -0.1) is 5.75 Å². The van der Waals surface area contributed by atoms with Crippen LogP contribution >= 0.6 is 0 Å². The number of phenols is 5. The number of fused-ring (bicyclic) bond motifs is 12. The molecular weight excluding hydrogens is 733 g/mol. The van der Waals surface area contributed by atoms with Gasteiger partial charge in [-0.25, -0.2) is 0 Å². The Kier molecular flexibility index (Phi) is 10.7. The van der Waals surface area contributed by atoms with Gasteiger partial charge >= 0.3 is 68.9 Å². The molecule has 0 amide bonds. The number of hydrogen-bond donors (Lipinski definition) is 5. The maximum Gasteiger partial charge on any atom is 1.00 e. The molecule has 0 atom stereocenters. The van der Waals surface area contributed by atoms with Crippen molar-refractivity contribution in [3.05, 3.63) is 176 Å². The van der Waals surface area contributed by atoms with Crippen LogP contribution in [0.15, 0.2) is 109 Å². The second-order valence-corrected chi connectivity index (χ2v) is 12.6. The second-order valence-electron chi connectivity index (χ2n) is 12.6. The van der Waals surface area contributed by atoms with Gasteiger partial charge in [0.25, 0.3) is 0 Å². The number of aromatic hydroxyl groups is 5. The molecule has 7 rings (SSSR count). The van der Waals surface area contributed by atoms with Gasteiger partial charge in [-0.1, -0.05) is 120 Å². The van der Waals surface area contributed by atoms with E-state index in [0.29, 0.717) is 66.8 Å². The molecule has 6 aromatic carbocycles. The summed E-state index contributed by atoms with van der Waals surface area (Å²) in [6.07, 6.45) is 1.51. The summed E-state index contributed by atoms with van der Waals surface area (Å²) in [5, 5.41) is 70.3. The Morgan fingerprint density at radius 1 is 0.286 bits per heavy atom. The molecule has 0 aliphatic heterocycles. The molecule has 240 valence electrons. The summed E-state index contributed by atoms with van der Waals surface area (Å²) in [5.74, 6) is 0.273. The Morgan fingerprint density at radius 3 is 0.612 bits per heavy atom. The average molecular weight is 769 g/mol. The molecule has 0 heterocycles. The van der Waals surface area contributed by atoms with E-state index in [1.165, 1.54) is 0 Å². The van der Waals surface area contributed by atoms with E-state index >= 15 is 0 Å². The molecule has 1 aliphatic carbocycles. The third kappa shape index (κ3) is 7.24. The summed E-state index contributed by atoms with van der Waals surface area (Å²) < 4.78 is 0. The van der Waals surface area contributed by atoms with Crippen molar-refractivity contribution >= 4 is 0 Å². The largest absolute Gasteiger partial charge is 1.00 e. The summed E-state index contributed by atoms with van der Waals surface area (Å²) in [6.45, 7) is 0. The van der Waals surface area contributed by atoms with E-state index in [1.807, 2.05) is 72.8 Å². The predicted octanol–water partition coefficient (Wildman–Crippen LogP) is 4.15. The molecule has 0 saturated carbocycles. The van der Waals surface area contributed by atoms with Crippen LogP contribution in [0.1, 0.15) is 66.8 Å². The Bertz CT molecular complexity index is 1650. The second kappa shape index (κ2) is 15.0. The van der Waals surface area contributed by atoms with Gasteiger partial charge in [0.15, 0.2) is 0 Å². The normalized spacial score (nSPS) is 12.7. The molecule has 5 N–H and O–H groups in total. The van der Waals surface area contributed by atoms with Crippen molar-refractivity contribution in [2.24, 2.45) is 0 Å². The van der Waals surface area contributed by atoms with Crippen LogP contribution in [0, 0.1) is 0 Å². The number of phenolic OH excluding ortho intramolecular Hbond substituents is 5. The molecule has 1 aliphatic rings. The zero-order valence-electron chi connectivity index (χ0n) is 27.3. The van der Waals surface area contributed by atoms with Gasteiger partial charge in [-0.2, -0.15) is 0 Å². The number of para-hydroxylation sites is 6. The van der Waals surface area contributed by atoms with Gasteiger partial charge in [0.2, 0.25) is 0 Å². The Morgan fingerprint density at radius 2 is 0.429 bits per heavy atom. The maximum atomic E-state index is 13.7. The fraction of sp³-hybridized carbons (Fsp3) is 0.143. The predicted molar refractivity (Wildman–Crippen MR) is 183 cm³/mol. The molecular formula is C42H35CsO6. The summed E-state index contributed by atoms with van der Waals surface area (Å²) in [5.41, 5.74) is 7.26. The first-order valence-corrected chi connectivity index (χ1v) is 16.0. The molecule has 0 unspecified atom stereocenters. The Balaban J connectivity index is 0.00000417. The van der Waals surface area contributed by atoms with Crippen LogP contribution in [0.4, 0.5) is 0 Å². The molecule has 0 fully saturated rings. The zero-order chi connectivity index (χ0) is 33.4. The first kappa shape index (κ1) is 35.0. The topological polar surface area (TPSA) is 124 Å². The van der Waals surface area contributed by atoms with E-state index in [-0.39, 0.29) is 142 Å². The van der Waals surface area contributed by atoms with Crippen molar-refractivity contribution in [1.29, 1.82) is 0 Å². The minimum absolute atomic E-state index is 0. The van der Waals surface area contributed by atoms with E-state index in [9.17, 15) is 30.6 Å². The monoisotopic (exact) mass is 768 g/mol. The van der Waals surface area contributed by atoms with Crippen molar-refractivity contribution < 1.29 is 99.5 Å². The van der Waals surface area contributed by atoms with Gasteiger partial charge in [-0.3, -0.25) is 0 Å². The molecule has 0 saturated heterocycles. The molecule has 0 radical (unpaired) electrons. The first-order chi connectivity index (χ1) is 23.3. The van der Waals surface area contributed by atoms with Crippen molar-refractivity contribution in [2.75, 3.05) is 0 Å². The summed E-state index contributed by atoms with van der Waals surface area (Å²) in [7, 11) is 0. The first-order valence-electron chi connectivity index (χ1n) is 16.0. The van der Waals surface area contributed by atoms with E-state index in [4.69, 9.17) is 0 Å². The van der Waals surface area contributed by atoms with Gasteiger partial charge < -0.3 is 30.6 Å². The van der Waals surface area contributed by atoms with Gasteiger partial charge in [0.1, 0.15) is 28.7 Å². The van der Waals surface area contributed by atoms with Crippen molar-refractivity contribution in [1.82, 2.24) is 0 Å². The third-order valence-electron chi connectivity index (χ3n) is 9.48. The van der Waals surface area contributed by atoms with Gasteiger partial charge in [-0.05, 0) is 55.6 Å². The molecule has 0 spiro atoms. The molecule has 7 heteroatoms. The molecule has 6 nitrogen and oxygen atoms in total. The summed E-state index contributed by atoms with van der Waals surface area (Å²) >= 11 is 0. The van der Waals surface area contributed by atoms with Crippen LogP contribution in [0.3, 0.4) is 0 Å². The van der Waals surface area contributed by atoms with Crippen LogP contribution in [0.2, 0.25) is 0 Å². The number of benzene rings is 6. The Labute approximate surface area is 344 Å². The zero-order valence-corrected chi connectivity index (χ0v) is 33.6. The molecule has 12 bridgehead atoms. The van der Waals surface area contributed by atoms with Crippen molar-refractivity contribution in [2.45, 2.75) is 38.5 Å². The molecule has 49 heavy (non-hydrogen) atoms. The van der Waals surface area contributed by atoms with Crippen LogP contribution in [0.5, 0.6) is 34.5 Å². The number of hydrogen-bond acceptors (Lipinski definition) is 6. The van der Waals surface area contributed by atoms with Crippen LogP contribution < -0.4 is 74.0 Å². The van der Waals surface area contributed by atoms with Crippen molar-refractivity contribution in [3.8, 4) is 34.5 Å². The quantitative estimate of drug-likeness (QED) is 0.158. The number of rotatable bonds is 0.